The van der Waals surface area contributed by atoms with Crippen LogP contribution in [0.25, 0.3) is 0 Å². The molecule has 0 aromatic carbocycles. The van der Waals surface area contributed by atoms with E-state index < -0.39 is 10.0 Å². The van der Waals surface area contributed by atoms with Crippen molar-refractivity contribution in [3.63, 3.8) is 0 Å². The molecule has 0 unspecified atom stereocenters. The molecule has 20 heavy (non-hydrogen) atoms. The van der Waals surface area contributed by atoms with E-state index in [1.165, 1.54) is 42.4 Å². The number of rotatable bonds is 6. The van der Waals surface area contributed by atoms with Crippen LogP contribution in [0.15, 0.2) is 40.4 Å². The van der Waals surface area contributed by atoms with Crippen LogP contribution in [0.4, 0.5) is 5.69 Å². The molecule has 0 fully saturated rings. The largest absolute Gasteiger partial charge is 0.383 e. The maximum absolute atomic E-state index is 12.0. The van der Waals surface area contributed by atoms with Crippen LogP contribution in [0, 0.1) is 0 Å². The van der Waals surface area contributed by atoms with Gasteiger partial charge in [0.15, 0.2) is 0 Å². The Balaban J connectivity index is 2.24. The van der Waals surface area contributed by atoms with Crippen molar-refractivity contribution in [2.75, 3.05) is 18.4 Å². The van der Waals surface area contributed by atoms with E-state index in [9.17, 15) is 13.2 Å². The molecular weight excluding hydrogens is 284 g/mol. The van der Waals surface area contributed by atoms with Gasteiger partial charge in [-0.05, 0) is 6.07 Å². The van der Waals surface area contributed by atoms with Crippen molar-refractivity contribution in [1.29, 1.82) is 0 Å². The Bertz CT molecular complexity index is 721. The van der Waals surface area contributed by atoms with Crippen LogP contribution in [0.5, 0.6) is 0 Å². The highest BCUT2D eigenvalue weighted by Gasteiger charge is 2.15. The number of sulfonamides is 1. The van der Waals surface area contributed by atoms with Crippen LogP contribution in [-0.2, 0) is 21.3 Å². The van der Waals surface area contributed by atoms with Crippen molar-refractivity contribution in [2.24, 2.45) is 0 Å². The summed E-state index contributed by atoms with van der Waals surface area (Å²) in [6.45, 7) is 0.703. The zero-order valence-electron chi connectivity index (χ0n) is 10.7. The minimum atomic E-state index is -3.71. The predicted molar refractivity (Wildman–Crippen MR) is 72.0 cm³/mol. The molecule has 108 valence electrons. The molecule has 0 saturated heterocycles. The fourth-order valence-electron chi connectivity index (χ4n) is 1.56. The molecule has 9 heteroatoms. The molecule has 2 aromatic heterocycles. The Morgan fingerprint density at radius 3 is 2.90 bits per heavy atom. The van der Waals surface area contributed by atoms with Crippen LogP contribution >= 0.6 is 0 Å². The molecule has 0 aliphatic rings. The molecule has 0 radical (unpaired) electrons. The molecule has 0 bridgehead atoms. The summed E-state index contributed by atoms with van der Waals surface area (Å²) in [7, 11) is -2.19. The first-order valence-corrected chi connectivity index (χ1v) is 7.22. The van der Waals surface area contributed by atoms with Gasteiger partial charge in [-0.25, -0.2) is 8.42 Å². The lowest BCUT2D eigenvalue weighted by atomic mass is 10.4. The number of nitrogens with one attached hydrogen (secondary N) is 2. The topological polar surface area (TPSA) is 106 Å². The molecule has 0 saturated carbocycles. The molecule has 0 spiro atoms. The van der Waals surface area contributed by atoms with Gasteiger partial charge in [-0.15, -0.1) is 0 Å². The highest BCUT2D eigenvalue weighted by molar-refractivity contribution is 7.92. The summed E-state index contributed by atoms with van der Waals surface area (Å²) in [4.78, 5) is 11.6. The third-order valence-corrected chi connectivity index (χ3v) is 3.90. The summed E-state index contributed by atoms with van der Waals surface area (Å²) in [5.41, 5.74) is 0.0650. The number of aromatic nitrogens is 3. The van der Waals surface area contributed by atoms with Crippen LogP contribution in [-0.4, -0.2) is 36.9 Å². The van der Waals surface area contributed by atoms with Crippen molar-refractivity contribution >= 4 is 15.7 Å². The minimum Gasteiger partial charge on any atom is -0.383 e. The summed E-state index contributed by atoms with van der Waals surface area (Å²) < 4.78 is 32.6. The van der Waals surface area contributed by atoms with Crippen LogP contribution in [0.3, 0.4) is 0 Å². The maximum atomic E-state index is 12.0. The normalized spacial score (nSPS) is 11.4. The lowest BCUT2D eigenvalue weighted by Crippen LogP contribution is -2.22. The van der Waals surface area contributed by atoms with Gasteiger partial charge in [0.2, 0.25) is 0 Å². The van der Waals surface area contributed by atoms with Crippen molar-refractivity contribution in [1.82, 2.24) is 14.8 Å². The van der Waals surface area contributed by atoms with E-state index in [4.69, 9.17) is 4.74 Å². The first-order valence-electron chi connectivity index (χ1n) is 5.74. The van der Waals surface area contributed by atoms with E-state index in [1.807, 2.05) is 0 Å². The van der Waals surface area contributed by atoms with Crippen molar-refractivity contribution in [2.45, 2.75) is 11.4 Å². The van der Waals surface area contributed by atoms with E-state index in [1.54, 1.807) is 0 Å². The lowest BCUT2D eigenvalue weighted by molar-refractivity contribution is 0.186. The SMILES string of the molecule is COCCn1cc(NS(=O)(=O)c2cn[nH]c2)ccc1=O. The summed E-state index contributed by atoms with van der Waals surface area (Å²) in [5, 5.41) is 6.02. The van der Waals surface area contributed by atoms with E-state index in [0.29, 0.717) is 18.8 Å². The highest BCUT2D eigenvalue weighted by Crippen LogP contribution is 2.13. The third kappa shape index (κ3) is 3.25. The molecule has 2 heterocycles. The molecule has 2 aromatic rings. The number of methoxy groups -OCH3 is 1. The van der Waals surface area contributed by atoms with Gasteiger partial charge in [0.1, 0.15) is 4.90 Å². The number of hydrogen-bond donors (Lipinski definition) is 2. The fraction of sp³-hybridized carbons (Fsp3) is 0.273. The fourth-order valence-corrected chi connectivity index (χ4v) is 2.50. The summed E-state index contributed by atoms with van der Waals surface area (Å²) in [6.07, 6.45) is 3.89. The van der Waals surface area contributed by atoms with Crippen LogP contribution < -0.4 is 10.3 Å². The summed E-state index contributed by atoms with van der Waals surface area (Å²) in [5.74, 6) is 0. The predicted octanol–water partition coefficient (Wildman–Crippen LogP) is 0.0186. The van der Waals surface area contributed by atoms with Crippen LogP contribution in [0.2, 0.25) is 0 Å². The quantitative estimate of drug-likeness (QED) is 0.782. The summed E-state index contributed by atoms with van der Waals surface area (Å²) in [6, 6.07) is 2.70. The molecule has 0 atom stereocenters. The molecule has 2 N–H and O–H groups in total. The van der Waals surface area contributed by atoms with Gasteiger partial charge in [-0.2, -0.15) is 5.10 Å². The van der Waals surface area contributed by atoms with Crippen molar-refractivity contribution in [3.05, 3.63) is 41.1 Å². The Hall–Kier alpha value is -2.13. The molecular formula is C11H14N4O4S. The van der Waals surface area contributed by atoms with Gasteiger partial charge < -0.3 is 9.30 Å². The van der Waals surface area contributed by atoms with Gasteiger partial charge in [0.25, 0.3) is 15.6 Å². The smallest absolute Gasteiger partial charge is 0.265 e. The standard InChI is InChI=1S/C11H14N4O4S/c1-19-5-4-15-8-9(2-3-11(15)16)14-20(17,18)10-6-12-13-7-10/h2-3,6-8,14H,4-5H2,1H3,(H,12,13). The van der Waals surface area contributed by atoms with Gasteiger partial charge in [0, 0.05) is 32.1 Å². The van der Waals surface area contributed by atoms with Crippen molar-refractivity contribution < 1.29 is 13.2 Å². The minimum absolute atomic E-state index is 0.0205. The molecule has 2 rings (SSSR count). The van der Waals surface area contributed by atoms with Crippen molar-refractivity contribution in [3.8, 4) is 0 Å². The zero-order chi connectivity index (χ0) is 14.6. The van der Waals surface area contributed by atoms with Crippen LogP contribution in [0.1, 0.15) is 0 Å². The second-order valence-electron chi connectivity index (χ2n) is 3.98. The number of aromatic amines is 1. The Kier molecular flexibility index (Phi) is 4.20. The number of nitrogens with zero attached hydrogens (tertiary/aromatic N) is 2. The number of ether oxygens (including phenoxy) is 1. The second-order valence-corrected chi connectivity index (χ2v) is 5.66. The van der Waals surface area contributed by atoms with E-state index >= 15 is 0 Å². The Morgan fingerprint density at radius 1 is 1.45 bits per heavy atom. The number of pyridine rings is 1. The average Bonchev–Trinajstić information content (AvgIpc) is 2.94. The molecule has 0 aliphatic heterocycles. The Morgan fingerprint density at radius 2 is 2.25 bits per heavy atom. The number of hydrogen-bond acceptors (Lipinski definition) is 5. The highest BCUT2D eigenvalue weighted by atomic mass is 32.2. The van der Waals surface area contributed by atoms with E-state index in [0.717, 1.165) is 0 Å². The van der Waals surface area contributed by atoms with E-state index in [-0.39, 0.29) is 10.5 Å². The number of anilines is 1. The number of H-pyrrole nitrogens is 1. The average molecular weight is 298 g/mol. The summed E-state index contributed by atoms with van der Waals surface area (Å²) >= 11 is 0. The monoisotopic (exact) mass is 298 g/mol. The molecule has 8 nitrogen and oxygen atoms in total. The molecule has 0 amide bonds. The third-order valence-electron chi connectivity index (χ3n) is 2.56. The zero-order valence-corrected chi connectivity index (χ0v) is 11.6. The first-order chi connectivity index (χ1) is 9.53. The van der Waals surface area contributed by atoms with E-state index in [2.05, 4.69) is 14.9 Å². The second kappa shape index (κ2) is 5.88. The maximum Gasteiger partial charge on any atom is 0.265 e. The molecule has 0 aliphatic carbocycles. The van der Waals surface area contributed by atoms with Gasteiger partial charge in [0.05, 0.1) is 18.5 Å². The first kappa shape index (κ1) is 14.3. The Labute approximate surface area is 115 Å². The van der Waals surface area contributed by atoms with Gasteiger partial charge in [-0.3, -0.25) is 14.6 Å². The van der Waals surface area contributed by atoms with Gasteiger partial charge in [-0.1, -0.05) is 0 Å². The lowest BCUT2D eigenvalue weighted by Gasteiger charge is -2.09. The van der Waals surface area contributed by atoms with Gasteiger partial charge >= 0.3 is 0 Å².